The summed E-state index contributed by atoms with van der Waals surface area (Å²) < 4.78 is 1.32. The van der Waals surface area contributed by atoms with Crippen LogP contribution < -0.4 is 5.56 Å². The van der Waals surface area contributed by atoms with Crippen LogP contribution in [-0.2, 0) is 4.79 Å². The lowest BCUT2D eigenvalue weighted by Crippen LogP contribution is -2.19. The van der Waals surface area contributed by atoms with Gasteiger partial charge in [-0.1, -0.05) is 6.08 Å². The lowest BCUT2D eigenvalue weighted by Gasteiger charge is -2.10. The first-order chi connectivity index (χ1) is 8.61. The summed E-state index contributed by atoms with van der Waals surface area (Å²) in [5.74, 6) is 0.645. The maximum Gasteiger partial charge on any atom is 0.335 e. The van der Waals surface area contributed by atoms with Crippen LogP contribution in [0.25, 0.3) is 5.70 Å². The second-order valence-electron chi connectivity index (χ2n) is 3.72. The molecule has 90 valence electrons. The minimum absolute atomic E-state index is 0.0508. The van der Waals surface area contributed by atoms with Gasteiger partial charge in [-0.25, -0.2) is 9.59 Å². The Labute approximate surface area is 102 Å². The number of carboxylic acid groups (broad SMARTS) is 1. The van der Waals surface area contributed by atoms with Crippen molar-refractivity contribution in [3.05, 3.63) is 58.0 Å². The minimum atomic E-state index is -1.14. The Kier molecular flexibility index (Phi) is 3.08. The van der Waals surface area contributed by atoms with Gasteiger partial charge in [0.1, 0.15) is 5.94 Å². The number of allylic oxidation sites excluding steroid dienone is 5. The van der Waals surface area contributed by atoms with Gasteiger partial charge in [0.2, 0.25) is 0 Å². The number of carbonyl (C=O) groups excluding carboxylic acids is 1. The summed E-state index contributed by atoms with van der Waals surface area (Å²) in [7, 11) is 0. The predicted molar refractivity (Wildman–Crippen MR) is 64.9 cm³/mol. The third-order valence-corrected chi connectivity index (χ3v) is 2.56. The van der Waals surface area contributed by atoms with Crippen LogP contribution in [0.1, 0.15) is 16.8 Å². The molecule has 0 amide bonds. The molecule has 0 aliphatic heterocycles. The first-order valence-corrected chi connectivity index (χ1v) is 5.20. The van der Waals surface area contributed by atoms with E-state index in [-0.39, 0.29) is 5.56 Å². The fourth-order valence-electron chi connectivity index (χ4n) is 1.62. The number of carboxylic acids is 1. The van der Waals surface area contributed by atoms with E-state index in [1.807, 2.05) is 0 Å². The molecule has 1 aromatic rings. The van der Waals surface area contributed by atoms with Gasteiger partial charge < -0.3 is 5.11 Å². The SMILES string of the molecule is O=C=C1C=CC(n2ccc(C(=O)O)cc2=O)=CC1. The number of rotatable bonds is 2. The highest BCUT2D eigenvalue weighted by Gasteiger charge is 2.08. The first-order valence-electron chi connectivity index (χ1n) is 5.20. The van der Waals surface area contributed by atoms with Gasteiger partial charge in [0.25, 0.3) is 5.56 Å². The summed E-state index contributed by atoms with van der Waals surface area (Å²) in [6.45, 7) is 0. The molecular weight excluding hydrogens is 234 g/mol. The third kappa shape index (κ3) is 2.21. The van der Waals surface area contributed by atoms with Crippen molar-refractivity contribution in [3.8, 4) is 0 Å². The van der Waals surface area contributed by atoms with Crippen molar-refractivity contribution in [1.82, 2.24) is 4.57 Å². The van der Waals surface area contributed by atoms with E-state index in [1.54, 1.807) is 24.2 Å². The summed E-state index contributed by atoms with van der Waals surface area (Å²) in [4.78, 5) is 32.8. The molecule has 1 aliphatic rings. The Bertz CT molecular complexity index is 672. The Morgan fingerprint density at radius 1 is 1.39 bits per heavy atom. The van der Waals surface area contributed by atoms with E-state index in [1.165, 1.54) is 16.8 Å². The van der Waals surface area contributed by atoms with E-state index in [2.05, 4.69) is 0 Å². The van der Waals surface area contributed by atoms with Crippen LogP contribution in [0.2, 0.25) is 0 Å². The normalized spacial score (nSPS) is 14.0. The molecule has 0 saturated carbocycles. The average molecular weight is 243 g/mol. The van der Waals surface area contributed by atoms with Crippen molar-refractivity contribution in [3.63, 3.8) is 0 Å². The molecule has 1 aromatic heterocycles. The van der Waals surface area contributed by atoms with Gasteiger partial charge in [-0.2, -0.15) is 0 Å². The van der Waals surface area contributed by atoms with Gasteiger partial charge in [-0.05, 0) is 18.2 Å². The van der Waals surface area contributed by atoms with Crippen molar-refractivity contribution in [2.45, 2.75) is 6.42 Å². The molecule has 1 N–H and O–H groups in total. The zero-order chi connectivity index (χ0) is 13.1. The molecule has 0 radical (unpaired) electrons. The van der Waals surface area contributed by atoms with Crippen LogP contribution >= 0.6 is 0 Å². The topological polar surface area (TPSA) is 76.4 Å². The lowest BCUT2D eigenvalue weighted by molar-refractivity contribution is 0.0696. The summed E-state index contributed by atoms with van der Waals surface area (Å²) in [5.41, 5.74) is 0.638. The van der Waals surface area contributed by atoms with Gasteiger partial charge >= 0.3 is 5.97 Å². The highest BCUT2D eigenvalue weighted by atomic mass is 16.4. The van der Waals surface area contributed by atoms with Gasteiger partial charge in [0, 0.05) is 30.0 Å². The fourth-order valence-corrected chi connectivity index (χ4v) is 1.62. The van der Waals surface area contributed by atoms with Crippen LogP contribution in [0.15, 0.2) is 46.9 Å². The zero-order valence-electron chi connectivity index (χ0n) is 9.29. The smallest absolute Gasteiger partial charge is 0.335 e. The number of hydrogen-bond donors (Lipinski definition) is 1. The highest BCUT2D eigenvalue weighted by Crippen LogP contribution is 2.15. The van der Waals surface area contributed by atoms with Gasteiger partial charge in [-0.15, -0.1) is 0 Å². The predicted octanol–water partition coefficient (Wildman–Crippen LogP) is 1.11. The van der Waals surface area contributed by atoms with E-state index >= 15 is 0 Å². The van der Waals surface area contributed by atoms with Gasteiger partial charge in [0.15, 0.2) is 0 Å². The second-order valence-corrected chi connectivity index (χ2v) is 3.72. The minimum Gasteiger partial charge on any atom is -0.478 e. The van der Waals surface area contributed by atoms with Crippen molar-refractivity contribution < 1.29 is 14.7 Å². The Balaban J connectivity index is 2.40. The highest BCUT2D eigenvalue weighted by molar-refractivity contribution is 5.87. The maximum absolute atomic E-state index is 11.7. The Morgan fingerprint density at radius 2 is 2.17 bits per heavy atom. The van der Waals surface area contributed by atoms with E-state index in [0.717, 1.165) is 6.07 Å². The maximum atomic E-state index is 11.7. The molecule has 2 rings (SSSR count). The van der Waals surface area contributed by atoms with Crippen molar-refractivity contribution >= 4 is 17.6 Å². The standard InChI is InChI=1S/C13H9NO4/c15-8-9-1-3-11(4-2-9)14-6-5-10(13(17)18)7-12(14)16/h1,3-7H,2H2,(H,17,18). The van der Waals surface area contributed by atoms with Crippen LogP contribution in [0.5, 0.6) is 0 Å². The number of pyridine rings is 1. The van der Waals surface area contributed by atoms with Crippen molar-refractivity contribution in [1.29, 1.82) is 0 Å². The van der Waals surface area contributed by atoms with Gasteiger partial charge in [-0.3, -0.25) is 9.36 Å². The number of hydrogen-bond acceptors (Lipinski definition) is 3. The monoisotopic (exact) mass is 243 g/mol. The molecule has 5 heteroatoms. The molecule has 1 aliphatic carbocycles. The summed E-state index contributed by atoms with van der Waals surface area (Å²) >= 11 is 0. The number of aromatic carboxylic acids is 1. The lowest BCUT2D eigenvalue weighted by atomic mass is 10.1. The quantitative estimate of drug-likeness (QED) is 0.789. The van der Waals surface area contributed by atoms with Crippen molar-refractivity contribution in [2.75, 3.05) is 0 Å². The molecule has 0 fully saturated rings. The van der Waals surface area contributed by atoms with Crippen LogP contribution in [0, 0.1) is 0 Å². The molecule has 0 saturated heterocycles. The molecule has 0 aromatic carbocycles. The third-order valence-electron chi connectivity index (χ3n) is 2.56. The Hall–Kier alpha value is -2.65. The molecule has 0 atom stereocenters. The summed E-state index contributed by atoms with van der Waals surface area (Å²) in [6.07, 6.45) is 6.72. The second kappa shape index (κ2) is 4.69. The van der Waals surface area contributed by atoms with E-state index < -0.39 is 11.5 Å². The number of carbonyl (C=O) groups is 1. The molecule has 5 nitrogen and oxygen atoms in total. The van der Waals surface area contributed by atoms with Gasteiger partial charge in [0.05, 0.1) is 5.56 Å². The summed E-state index contributed by atoms with van der Waals surface area (Å²) in [6, 6.07) is 2.41. The first kappa shape index (κ1) is 11.8. The van der Waals surface area contributed by atoms with Crippen LogP contribution in [0.4, 0.5) is 0 Å². The molecule has 0 unspecified atom stereocenters. The molecule has 18 heavy (non-hydrogen) atoms. The van der Waals surface area contributed by atoms with Crippen molar-refractivity contribution in [2.24, 2.45) is 0 Å². The van der Waals surface area contributed by atoms with E-state index in [4.69, 9.17) is 5.11 Å². The average Bonchev–Trinajstić information content (AvgIpc) is 2.38. The molecule has 1 heterocycles. The Morgan fingerprint density at radius 3 is 2.67 bits per heavy atom. The molecule has 0 bridgehead atoms. The number of nitrogens with zero attached hydrogens (tertiary/aromatic N) is 1. The van der Waals surface area contributed by atoms with E-state index in [9.17, 15) is 14.4 Å². The fraction of sp³-hybridized carbons (Fsp3) is 0.0769. The zero-order valence-corrected chi connectivity index (χ0v) is 9.29. The summed E-state index contributed by atoms with van der Waals surface area (Å²) in [5, 5.41) is 8.75. The van der Waals surface area contributed by atoms with E-state index in [0.29, 0.717) is 17.7 Å². The largest absolute Gasteiger partial charge is 0.478 e. The molecular formula is C13H9NO4. The van der Waals surface area contributed by atoms with Crippen LogP contribution in [0.3, 0.4) is 0 Å². The number of aromatic nitrogens is 1. The van der Waals surface area contributed by atoms with Crippen LogP contribution in [-0.4, -0.2) is 21.6 Å². The molecule has 0 spiro atoms.